The first-order valence-corrected chi connectivity index (χ1v) is 9.84. The van der Waals surface area contributed by atoms with Crippen LogP contribution in [0.5, 0.6) is 11.5 Å². The Morgan fingerprint density at radius 1 is 1.24 bits per heavy atom. The molecule has 0 unspecified atom stereocenters. The zero-order valence-electron chi connectivity index (χ0n) is 13.4. The maximum Gasteiger partial charge on any atom is 0.277 e. The van der Waals surface area contributed by atoms with Gasteiger partial charge in [0.15, 0.2) is 6.61 Å². The van der Waals surface area contributed by atoms with Crippen molar-refractivity contribution in [2.45, 2.75) is 13.8 Å². The maximum atomic E-state index is 11.9. The third-order valence-electron chi connectivity index (χ3n) is 3.23. The summed E-state index contributed by atoms with van der Waals surface area (Å²) in [7, 11) is 0. The summed E-state index contributed by atoms with van der Waals surface area (Å²) in [6, 6.07) is 7.22. The normalized spacial score (nSPS) is 10.9. The number of aryl methyl sites for hydroxylation is 2. The zero-order valence-corrected chi connectivity index (χ0v) is 18.8. The Bertz CT molecular complexity index is 818. The van der Waals surface area contributed by atoms with E-state index in [1.54, 1.807) is 6.07 Å². The van der Waals surface area contributed by atoms with E-state index in [0.717, 1.165) is 19.2 Å². The fourth-order valence-corrected chi connectivity index (χ4v) is 4.15. The number of nitrogens with zero attached hydrogens (tertiary/aromatic N) is 1. The molecule has 5 nitrogen and oxygen atoms in total. The van der Waals surface area contributed by atoms with Crippen LogP contribution in [0.25, 0.3) is 0 Å². The van der Waals surface area contributed by atoms with E-state index in [2.05, 4.69) is 65.0 Å². The van der Waals surface area contributed by atoms with Gasteiger partial charge in [-0.2, -0.15) is 5.10 Å². The second kappa shape index (κ2) is 9.00. The minimum Gasteiger partial charge on any atom is -0.507 e. The highest BCUT2D eigenvalue weighted by Gasteiger charge is 2.08. The van der Waals surface area contributed by atoms with Gasteiger partial charge in [0.05, 0.1) is 10.7 Å². The number of phenols is 1. The van der Waals surface area contributed by atoms with Crippen LogP contribution in [0.3, 0.4) is 0 Å². The molecule has 0 atom stereocenters. The van der Waals surface area contributed by atoms with Crippen LogP contribution < -0.4 is 10.2 Å². The van der Waals surface area contributed by atoms with Gasteiger partial charge in [-0.05, 0) is 87.8 Å². The standard InChI is InChI=1S/C17H15Br2IN2O3/c1-9-3-12(20)4-10(2)17(9)25-8-16(24)22-21-7-11-5-15(23)14(19)6-13(11)18/h3-7,23H,8H2,1-2H3,(H,22,24)/b21-7-. The lowest BCUT2D eigenvalue weighted by Crippen LogP contribution is -2.25. The van der Waals surface area contributed by atoms with Crippen molar-refractivity contribution in [1.82, 2.24) is 5.43 Å². The number of aromatic hydroxyl groups is 1. The van der Waals surface area contributed by atoms with Gasteiger partial charge in [0.1, 0.15) is 11.5 Å². The summed E-state index contributed by atoms with van der Waals surface area (Å²) in [5.41, 5.74) is 5.00. The predicted molar refractivity (Wildman–Crippen MR) is 113 cm³/mol. The smallest absolute Gasteiger partial charge is 0.277 e. The van der Waals surface area contributed by atoms with E-state index in [1.807, 2.05) is 26.0 Å². The van der Waals surface area contributed by atoms with E-state index in [-0.39, 0.29) is 18.3 Å². The van der Waals surface area contributed by atoms with Crippen molar-refractivity contribution in [1.29, 1.82) is 0 Å². The SMILES string of the molecule is Cc1cc(I)cc(C)c1OCC(=O)N/N=C\c1cc(O)c(Br)cc1Br. The van der Waals surface area contributed by atoms with Crippen molar-refractivity contribution in [2.75, 3.05) is 6.61 Å². The molecular weight excluding hydrogens is 567 g/mol. The molecule has 0 radical (unpaired) electrons. The Kier molecular flexibility index (Phi) is 7.26. The summed E-state index contributed by atoms with van der Waals surface area (Å²) in [5.74, 6) is 0.426. The number of carbonyl (C=O) groups is 1. The largest absolute Gasteiger partial charge is 0.507 e. The number of amides is 1. The van der Waals surface area contributed by atoms with Crippen molar-refractivity contribution in [3.8, 4) is 11.5 Å². The zero-order chi connectivity index (χ0) is 18.6. The summed E-state index contributed by atoms with van der Waals surface area (Å²) in [4.78, 5) is 11.9. The van der Waals surface area contributed by atoms with Gasteiger partial charge in [0.25, 0.3) is 5.91 Å². The Hall–Kier alpha value is -1.13. The predicted octanol–water partition coefficient (Wildman–Crippen LogP) is 4.67. The fourth-order valence-electron chi connectivity index (χ4n) is 2.12. The van der Waals surface area contributed by atoms with E-state index in [9.17, 15) is 9.90 Å². The molecular formula is C17H15Br2IN2O3. The number of hydrogen-bond acceptors (Lipinski definition) is 4. The molecule has 2 aromatic rings. The number of nitrogens with one attached hydrogen (secondary N) is 1. The Labute approximate surface area is 176 Å². The van der Waals surface area contributed by atoms with Gasteiger partial charge in [-0.15, -0.1) is 0 Å². The highest BCUT2D eigenvalue weighted by atomic mass is 127. The van der Waals surface area contributed by atoms with Crippen LogP contribution in [0.2, 0.25) is 0 Å². The highest BCUT2D eigenvalue weighted by Crippen LogP contribution is 2.29. The molecule has 2 N–H and O–H groups in total. The third kappa shape index (κ3) is 5.68. The highest BCUT2D eigenvalue weighted by molar-refractivity contribution is 14.1. The molecule has 2 rings (SSSR count). The molecule has 132 valence electrons. The van der Waals surface area contributed by atoms with Gasteiger partial charge < -0.3 is 9.84 Å². The summed E-state index contributed by atoms with van der Waals surface area (Å²) in [5, 5.41) is 13.6. The molecule has 25 heavy (non-hydrogen) atoms. The van der Waals surface area contributed by atoms with Gasteiger partial charge >= 0.3 is 0 Å². The number of carbonyl (C=O) groups excluding carboxylic acids is 1. The third-order valence-corrected chi connectivity index (χ3v) is 5.18. The van der Waals surface area contributed by atoms with Gasteiger partial charge in [0.2, 0.25) is 0 Å². The molecule has 0 fully saturated rings. The molecule has 2 aromatic carbocycles. The van der Waals surface area contributed by atoms with Crippen LogP contribution in [0.15, 0.2) is 38.3 Å². The van der Waals surface area contributed by atoms with Gasteiger partial charge in [-0.25, -0.2) is 5.43 Å². The number of benzene rings is 2. The maximum absolute atomic E-state index is 11.9. The average molecular weight is 582 g/mol. The summed E-state index contributed by atoms with van der Waals surface area (Å²) in [6.07, 6.45) is 1.44. The van der Waals surface area contributed by atoms with Crippen molar-refractivity contribution in [3.63, 3.8) is 0 Å². The van der Waals surface area contributed by atoms with Crippen molar-refractivity contribution in [2.24, 2.45) is 5.10 Å². The summed E-state index contributed by atoms with van der Waals surface area (Å²) >= 11 is 8.82. The first-order chi connectivity index (χ1) is 11.8. The Balaban J connectivity index is 1.94. The quantitative estimate of drug-likeness (QED) is 0.306. The monoisotopic (exact) mass is 580 g/mol. The molecule has 0 aliphatic carbocycles. The van der Waals surface area contributed by atoms with E-state index in [4.69, 9.17) is 4.74 Å². The number of rotatable bonds is 5. The molecule has 0 saturated carbocycles. The molecule has 0 bridgehead atoms. The van der Waals surface area contributed by atoms with Crippen LogP contribution in [0.4, 0.5) is 0 Å². The van der Waals surface area contributed by atoms with Crippen LogP contribution in [0.1, 0.15) is 16.7 Å². The second-order valence-corrected chi connectivity index (χ2v) is 8.23. The number of ether oxygens (including phenoxy) is 1. The van der Waals surface area contributed by atoms with Gasteiger partial charge in [-0.1, -0.05) is 15.9 Å². The number of hydrogen-bond donors (Lipinski definition) is 2. The molecule has 0 aromatic heterocycles. The number of halogens is 3. The van der Waals surface area contributed by atoms with E-state index in [0.29, 0.717) is 15.8 Å². The lowest BCUT2D eigenvalue weighted by molar-refractivity contribution is -0.123. The fraction of sp³-hybridized carbons (Fsp3) is 0.176. The molecule has 0 saturated heterocycles. The van der Waals surface area contributed by atoms with Crippen LogP contribution in [-0.2, 0) is 4.79 Å². The lowest BCUT2D eigenvalue weighted by atomic mass is 10.1. The molecule has 0 heterocycles. The molecule has 1 amide bonds. The topological polar surface area (TPSA) is 70.9 Å². The number of hydrazone groups is 1. The van der Waals surface area contributed by atoms with Gasteiger partial charge in [0, 0.05) is 13.6 Å². The lowest BCUT2D eigenvalue weighted by Gasteiger charge is -2.11. The van der Waals surface area contributed by atoms with Gasteiger partial charge in [-0.3, -0.25) is 4.79 Å². The van der Waals surface area contributed by atoms with E-state index >= 15 is 0 Å². The van der Waals surface area contributed by atoms with Crippen molar-refractivity contribution >= 4 is 66.6 Å². The first kappa shape index (κ1) is 20.2. The van der Waals surface area contributed by atoms with Crippen molar-refractivity contribution in [3.05, 3.63) is 53.5 Å². The molecule has 0 aliphatic rings. The minimum absolute atomic E-state index is 0.0870. The molecule has 0 aliphatic heterocycles. The minimum atomic E-state index is -0.369. The molecule has 0 spiro atoms. The van der Waals surface area contributed by atoms with Crippen LogP contribution >= 0.6 is 54.5 Å². The van der Waals surface area contributed by atoms with Crippen molar-refractivity contribution < 1.29 is 14.6 Å². The summed E-state index contributed by atoms with van der Waals surface area (Å²) in [6.45, 7) is 3.75. The number of phenolic OH excluding ortho intramolecular Hbond substituents is 1. The Morgan fingerprint density at radius 3 is 2.52 bits per heavy atom. The summed E-state index contributed by atoms with van der Waals surface area (Å²) < 4.78 is 8.02. The van der Waals surface area contributed by atoms with E-state index in [1.165, 1.54) is 12.3 Å². The van der Waals surface area contributed by atoms with E-state index < -0.39 is 0 Å². The van der Waals surface area contributed by atoms with Crippen LogP contribution in [0, 0.1) is 17.4 Å². The molecule has 8 heteroatoms. The Morgan fingerprint density at radius 2 is 1.88 bits per heavy atom. The average Bonchev–Trinajstić information content (AvgIpc) is 2.51. The van der Waals surface area contributed by atoms with Crippen LogP contribution in [-0.4, -0.2) is 23.8 Å². The second-order valence-electron chi connectivity index (χ2n) is 5.28. The first-order valence-electron chi connectivity index (χ1n) is 7.17.